The minimum atomic E-state index is -4.38. The molecule has 0 aromatic heterocycles. The van der Waals surface area contributed by atoms with Crippen molar-refractivity contribution in [1.82, 2.24) is 10.2 Å². The molecule has 0 radical (unpaired) electrons. The molecule has 4 aromatic rings. The van der Waals surface area contributed by atoms with Gasteiger partial charge in [-0.1, -0.05) is 85.5 Å². The van der Waals surface area contributed by atoms with E-state index in [9.17, 15) is 22.4 Å². The molecule has 7 nitrogen and oxygen atoms in total. The minimum absolute atomic E-state index is 0.0529. The maximum absolute atomic E-state index is 15.1. The van der Waals surface area contributed by atoms with Gasteiger partial charge < -0.3 is 10.2 Å². The fourth-order valence-electron chi connectivity index (χ4n) is 5.88. The summed E-state index contributed by atoms with van der Waals surface area (Å²) >= 11 is 0. The van der Waals surface area contributed by atoms with Crippen LogP contribution < -0.4 is 9.62 Å². The Morgan fingerprint density at radius 2 is 1.47 bits per heavy atom. The second-order valence-corrected chi connectivity index (χ2v) is 13.8. The van der Waals surface area contributed by atoms with Gasteiger partial charge in [-0.25, -0.2) is 17.2 Å². The number of carbonyl (C=O) groups is 2. The number of sulfonamides is 1. The summed E-state index contributed by atoms with van der Waals surface area (Å²) in [6.07, 6.45) is 4.84. The van der Waals surface area contributed by atoms with E-state index in [1.165, 1.54) is 17.0 Å². The number of hydrogen-bond acceptors (Lipinski definition) is 4. The van der Waals surface area contributed by atoms with Crippen LogP contribution in [0.4, 0.5) is 14.5 Å². The molecule has 1 atom stereocenters. The normalized spacial score (nSPS) is 14.3. The zero-order valence-electron chi connectivity index (χ0n) is 26.3. The SMILES string of the molecule is Cc1ccc(N(CC(=O)N(Cc2ccccc2F)C(Cc2ccccc2)C(=O)NC2CCCCC2)S(=O)(=O)c2ccc(F)cc2)cc1. The standard InChI is InChI=1S/C37H39F2N3O4S/c1-27-16-20-32(21-17-27)42(47(45,46)33-22-18-30(38)19-23-33)26-36(43)41(25-29-12-8-9-15-34(29)39)35(24-28-10-4-2-5-11-28)37(44)40-31-13-6-3-7-14-31/h2,4-5,8-12,15-23,31,35H,3,6-7,13-14,24-26H2,1H3,(H,40,44). The van der Waals surface area contributed by atoms with Crippen molar-refractivity contribution in [1.29, 1.82) is 0 Å². The third-order valence-corrected chi connectivity index (χ3v) is 10.3. The molecule has 0 saturated heterocycles. The largest absolute Gasteiger partial charge is 0.352 e. The van der Waals surface area contributed by atoms with Crippen LogP contribution in [0.1, 0.15) is 48.8 Å². The van der Waals surface area contributed by atoms with Gasteiger partial charge in [0.15, 0.2) is 0 Å². The van der Waals surface area contributed by atoms with Crippen molar-refractivity contribution in [3.8, 4) is 0 Å². The highest BCUT2D eigenvalue weighted by molar-refractivity contribution is 7.92. The monoisotopic (exact) mass is 659 g/mol. The van der Waals surface area contributed by atoms with Crippen LogP contribution in [0.3, 0.4) is 0 Å². The fourth-order valence-corrected chi connectivity index (χ4v) is 7.30. The number of anilines is 1. The predicted molar refractivity (Wildman–Crippen MR) is 178 cm³/mol. The van der Waals surface area contributed by atoms with Gasteiger partial charge in [-0.05, 0) is 67.8 Å². The zero-order valence-corrected chi connectivity index (χ0v) is 27.1. The van der Waals surface area contributed by atoms with Gasteiger partial charge in [-0.2, -0.15) is 0 Å². The third-order valence-electron chi connectivity index (χ3n) is 8.52. The molecule has 0 bridgehead atoms. The number of aryl methyl sites for hydroxylation is 1. The number of nitrogens with one attached hydrogen (secondary N) is 1. The lowest BCUT2D eigenvalue weighted by molar-refractivity contribution is -0.140. The number of carbonyl (C=O) groups excluding carboxylic acids is 2. The zero-order chi connectivity index (χ0) is 33.4. The van der Waals surface area contributed by atoms with Crippen molar-refractivity contribution in [3.63, 3.8) is 0 Å². The van der Waals surface area contributed by atoms with Crippen molar-refractivity contribution in [3.05, 3.63) is 131 Å². The number of benzene rings is 4. The molecule has 1 aliphatic rings. The molecule has 4 aromatic carbocycles. The van der Waals surface area contributed by atoms with E-state index in [0.717, 1.165) is 71.8 Å². The van der Waals surface area contributed by atoms with E-state index < -0.39 is 40.2 Å². The summed E-state index contributed by atoms with van der Waals surface area (Å²) in [6.45, 7) is 0.904. The summed E-state index contributed by atoms with van der Waals surface area (Å²) in [5, 5.41) is 3.13. The smallest absolute Gasteiger partial charge is 0.264 e. The molecule has 0 spiro atoms. The molecule has 0 heterocycles. The van der Waals surface area contributed by atoms with Crippen LogP contribution in [0.5, 0.6) is 0 Å². The van der Waals surface area contributed by atoms with Crippen LogP contribution in [-0.2, 0) is 32.6 Å². The van der Waals surface area contributed by atoms with Crippen molar-refractivity contribution >= 4 is 27.5 Å². The van der Waals surface area contributed by atoms with Crippen molar-refractivity contribution in [2.75, 3.05) is 10.8 Å². The maximum Gasteiger partial charge on any atom is 0.264 e. The highest BCUT2D eigenvalue weighted by Crippen LogP contribution is 2.26. The topological polar surface area (TPSA) is 86.8 Å². The summed E-state index contributed by atoms with van der Waals surface area (Å²) < 4.78 is 57.9. The van der Waals surface area contributed by atoms with Crippen LogP contribution in [0.25, 0.3) is 0 Å². The van der Waals surface area contributed by atoms with Crippen molar-refractivity contribution < 1.29 is 26.8 Å². The van der Waals surface area contributed by atoms with E-state index in [1.54, 1.807) is 36.4 Å². The number of rotatable bonds is 12. The van der Waals surface area contributed by atoms with E-state index in [4.69, 9.17) is 0 Å². The first kappa shape index (κ1) is 33.8. The van der Waals surface area contributed by atoms with E-state index in [0.29, 0.717) is 0 Å². The van der Waals surface area contributed by atoms with Gasteiger partial charge in [-0.3, -0.25) is 13.9 Å². The Labute approximate surface area is 275 Å². The molecule has 10 heteroatoms. The summed E-state index contributed by atoms with van der Waals surface area (Å²) in [7, 11) is -4.38. The van der Waals surface area contributed by atoms with E-state index >= 15 is 4.39 Å². The first-order valence-electron chi connectivity index (χ1n) is 15.8. The fraction of sp³-hybridized carbons (Fsp3) is 0.297. The van der Waals surface area contributed by atoms with Crippen LogP contribution in [0, 0.1) is 18.6 Å². The quantitative estimate of drug-likeness (QED) is 0.187. The highest BCUT2D eigenvalue weighted by Gasteiger charge is 2.35. The van der Waals surface area contributed by atoms with Crippen LogP contribution in [-0.4, -0.2) is 43.8 Å². The Bertz CT molecular complexity index is 1760. The Balaban J connectivity index is 1.56. The number of amides is 2. The predicted octanol–water partition coefficient (Wildman–Crippen LogP) is 6.56. The average Bonchev–Trinajstić information content (AvgIpc) is 3.07. The van der Waals surface area contributed by atoms with Crippen LogP contribution >= 0.6 is 0 Å². The molecule has 47 heavy (non-hydrogen) atoms. The Hall–Kier alpha value is -4.57. The summed E-state index contributed by atoms with van der Waals surface area (Å²) in [6, 6.07) is 25.1. The van der Waals surface area contributed by atoms with Gasteiger partial charge in [0.1, 0.15) is 24.2 Å². The number of nitrogens with zero attached hydrogens (tertiary/aromatic N) is 2. The van der Waals surface area contributed by atoms with Gasteiger partial charge >= 0.3 is 0 Å². The molecule has 2 amide bonds. The second kappa shape index (κ2) is 15.3. The molecule has 246 valence electrons. The van der Waals surface area contributed by atoms with Gasteiger partial charge in [0.05, 0.1) is 10.6 Å². The Morgan fingerprint density at radius 3 is 2.13 bits per heavy atom. The molecule has 1 unspecified atom stereocenters. The lowest BCUT2D eigenvalue weighted by Crippen LogP contribution is -2.55. The van der Waals surface area contributed by atoms with E-state index in [1.807, 2.05) is 37.3 Å². The van der Waals surface area contributed by atoms with Crippen molar-refractivity contribution in [2.24, 2.45) is 0 Å². The summed E-state index contributed by atoms with van der Waals surface area (Å²) in [5.74, 6) is -2.23. The van der Waals surface area contributed by atoms with Gasteiger partial charge in [0.25, 0.3) is 10.0 Å². The molecule has 5 rings (SSSR count). The molecular weight excluding hydrogens is 620 g/mol. The molecule has 1 fully saturated rings. The number of hydrogen-bond donors (Lipinski definition) is 1. The Kier molecular flexibility index (Phi) is 11.0. The lowest BCUT2D eigenvalue weighted by Gasteiger charge is -2.35. The highest BCUT2D eigenvalue weighted by atomic mass is 32.2. The minimum Gasteiger partial charge on any atom is -0.352 e. The summed E-state index contributed by atoms with van der Waals surface area (Å²) in [5.41, 5.74) is 2.07. The molecule has 0 aliphatic heterocycles. The van der Waals surface area contributed by atoms with E-state index in [-0.39, 0.29) is 41.1 Å². The molecule has 1 aliphatic carbocycles. The first-order valence-corrected chi connectivity index (χ1v) is 17.3. The third kappa shape index (κ3) is 8.62. The maximum atomic E-state index is 15.1. The average molecular weight is 660 g/mol. The van der Waals surface area contributed by atoms with Crippen molar-refractivity contribution in [2.45, 2.75) is 69.0 Å². The van der Waals surface area contributed by atoms with Gasteiger partial charge in [0, 0.05) is 24.6 Å². The molecule has 1 N–H and O–H groups in total. The lowest BCUT2D eigenvalue weighted by atomic mass is 9.94. The Morgan fingerprint density at radius 1 is 0.830 bits per heavy atom. The van der Waals surface area contributed by atoms with Gasteiger partial charge in [0.2, 0.25) is 11.8 Å². The van der Waals surface area contributed by atoms with Crippen LogP contribution in [0.2, 0.25) is 0 Å². The number of halogens is 2. The summed E-state index contributed by atoms with van der Waals surface area (Å²) in [4.78, 5) is 29.7. The molecular formula is C37H39F2N3O4S. The first-order chi connectivity index (χ1) is 22.6. The van der Waals surface area contributed by atoms with Crippen LogP contribution in [0.15, 0.2) is 108 Å². The van der Waals surface area contributed by atoms with E-state index in [2.05, 4.69) is 5.32 Å². The second-order valence-electron chi connectivity index (χ2n) is 12.0. The molecule has 1 saturated carbocycles. The van der Waals surface area contributed by atoms with Gasteiger partial charge in [-0.15, -0.1) is 0 Å².